The van der Waals surface area contributed by atoms with E-state index in [-0.39, 0.29) is 118 Å². The van der Waals surface area contributed by atoms with Crippen LogP contribution < -0.4 is 15.5 Å². The fourth-order valence-corrected chi connectivity index (χ4v) is 23.0. The Kier molecular flexibility index (Phi) is 18.7. The number of piperidine rings is 1. The molecule has 10 atom stereocenters. The number of benzene rings is 6. The molecule has 1 saturated carbocycles. The van der Waals surface area contributed by atoms with Gasteiger partial charge in [-0.1, -0.05) is 137 Å². The molecule has 2 saturated heterocycles. The maximum Gasteiger partial charge on any atom is 0.238 e. The van der Waals surface area contributed by atoms with Gasteiger partial charge in [-0.15, -0.1) is 0 Å². The third-order valence-corrected chi connectivity index (χ3v) is 27.0. The number of aliphatic hydroxyl groups excluding tert-OH is 4. The molecule has 5 heterocycles. The van der Waals surface area contributed by atoms with E-state index in [4.69, 9.17) is 9.15 Å². The van der Waals surface area contributed by atoms with Crippen molar-refractivity contribution >= 4 is 70.7 Å². The normalized spacial score (nSPS) is 25.8. The molecule has 1 aromatic heterocycles. The Bertz CT molecular complexity index is 4030. The van der Waals surface area contributed by atoms with Crippen LogP contribution in [0.25, 0.3) is 44.2 Å². The number of phenolic OH excluding ortho intramolecular Hbond substituents is 2. The van der Waals surface area contributed by atoms with E-state index in [1.54, 1.807) is 43.2 Å². The maximum absolute atomic E-state index is 15.9. The molecule has 13 nitrogen and oxygen atoms in total. The summed E-state index contributed by atoms with van der Waals surface area (Å²) >= 11 is 0. The Morgan fingerprint density at radius 3 is 2.46 bits per heavy atom. The van der Waals surface area contributed by atoms with E-state index >= 15 is 4.79 Å². The summed E-state index contributed by atoms with van der Waals surface area (Å²) in [5.74, 6) is 0.0450. The highest BCUT2D eigenvalue weighted by molar-refractivity contribution is 8.77. The summed E-state index contributed by atoms with van der Waals surface area (Å²) < 4.78 is 14.1. The van der Waals surface area contributed by atoms with Gasteiger partial charge in [0, 0.05) is 78.4 Å². The second-order valence-corrected chi connectivity index (χ2v) is 33.3. The van der Waals surface area contributed by atoms with Gasteiger partial charge in [0.15, 0.2) is 5.76 Å². The van der Waals surface area contributed by atoms with Crippen molar-refractivity contribution in [3.05, 3.63) is 150 Å². The second-order valence-electron chi connectivity index (χ2n) is 28.0. The van der Waals surface area contributed by atoms with E-state index in [9.17, 15) is 45.6 Å². The molecule has 9 N–H and O–H groups in total. The first-order chi connectivity index (χ1) is 44.6. The Labute approximate surface area is 553 Å². The van der Waals surface area contributed by atoms with Crippen LogP contribution in [-0.2, 0) is 42.7 Å². The predicted octanol–water partition coefficient (Wildman–Crippen LogP) is 14.1. The lowest BCUT2D eigenvalue weighted by Crippen LogP contribution is -2.41. The topological polar surface area (TPSA) is 230 Å². The summed E-state index contributed by atoms with van der Waals surface area (Å²) in [4.78, 5) is 28.4. The highest BCUT2D eigenvalue weighted by Crippen LogP contribution is 2.62. The zero-order valence-electron chi connectivity index (χ0n) is 52.5. The molecule has 3 aliphatic carbocycles. The zero-order valence-corrected chi connectivity index (χ0v) is 55.7. The van der Waals surface area contributed by atoms with Crippen molar-refractivity contribution in [1.82, 2.24) is 5.32 Å². The number of carbonyl (C=O) groups is 1. The zero-order chi connectivity index (χ0) is 63.7. The first kappa shape index (κ1) is 64.2. The van der Waals surface area contributed by atoms with Crippen LogP contribution >= 0.6 is 43.2 Å². The number of carbonyl (C=O) groups excluding carboxylic acids is 1. The molecule has 92 heavy (non-hydrogen) atoms. The molecule has 0 spiro atoms. The van der Waals surface area contributed by atoms with Crippen molar-refractivity contribution in [2.24, 2.45) is 17.8 Å². The molecule has 4 aliphatic heterocycles. The number of hydrogen-bond acceptors (Lipinski definition) is 17. The Morgan fingerprint density at radius 1 is 0.815 bits per heavy atom. The second kappa shape index (κ2) is 26.8. The number of nitrogens with one attached hydrogen (secondary N) is 1. The van der Waals surface area contributed by atoms with E-state index in [0.717, 1.165) is 114 Å². The third-order valence-electron chi connectivity index (χ3n) is 21.4. The molecule has 7 aromatic rings. The van der Waals surface area contributed by atoms with Crippen LogP contribution in [0.1, 0.15) is 182 Å². The van der Waals surface area contributed by atoms with Gasteiger partial charge in [-0.3, -0.25) is 9.59 Å². The number of aliphatic hydroxyl groups is 5. The fraction of sp³-hybridized carbons (Fsp3) is 0.493. The summed E-state index contributed by atoms with van der Waals surface area (Å²) in [5, 5.41) is 102. The van der Waals surface area contributed by atoms with Crippen molar-refractivity contribution in [3.63, 3.8) is 0 Å². The number of ketones is 1. The number of fused-ring (bicyclic) bond motifs is 12. The van der Waals surface area contributed by atoms with Crippen molar-refractivity contribution in [2.75, 3.05) is 25.5 Å². The minimum atomic E-state index is -1.03. The fourth-order valence-electron chi connectivity index (χ4n) is 17.0. The van der Waals surface area contributed by atoms with Crippen LogP contribution in [0.3, 0.4) is 0 Å². The van der Waals surface area contributed by atoms with Crippen molar-refractivity contribution < 1.29 is 54.8 Å². The highest BCUT2D eigenvalue weighted by atomic mass is 33.1. The monoisotopic (exact) mass is 1320 g/mol. The van der Waals surface area contributed by atoms with Crippen LogP contribution in [0.2, 0.25) is 0 Å². The highest BCUT2D eigenvalue weighted by Gasteiger charge is 2.47. The molecule has 0 radical (unpaired) electrons. The van der Waals surface area contributed by atoms with Gasteiger partial charge >= 0.3 is 0 Å². The average molecular weight is 1320 g/mol. The first-order valence-electron chi connectivity index (χ1n) is 33.6. The largest absolute Gasteiger partial charge is 0.507 e. The number of phenols is 2. The van der Waals surface area contributed by atoms with Crippen LogP contribution in [0.4, 0.5) is 0 Å². The number of ether oxygens (including phenoxy) is 1. The van der Waals surface area contributed by atoms with Crippen LogP contribution in [0.5, 0.6) is 23.0 Å². The molecule has 17 heteroatoms. The Hall–Kier alpha value is -5.18. The van der Waals surface area contributed by atoms with E-state index in [2.05, 4.69) is 73.8 Å². The van der Waals surface area contributed by atoms with Gasteiger partial charge in [0.2, 0.25) is 11.2 Å². The van der Waals surface area contributed by atoms with Crippen molar-refractivity contribution in [2.45, 2.75) is 187 Å². The van der Waals surface area contributed by atoms with Crippen LogP contribution in [0.15, 0.2) is 88.1 Å². The van der Waals surface area contributed by atoms with Gasteiger partial charge in [-0.2, -0.15) is 0 Å². The third kappa shape index (κ3) is 12.2. The van der Waals surface area contributed by atoms with E-state index in [1.165, 1.54) is 11.6 Å². The lowest BCUT2D eigenvalue weighted by Gasteiger charge is -2.44. The number of Topliss-reactive ketones (excluding diaryl/α,β-unsaturated/α-hetero) is 1. The molecular weight excluding hydrogens is 1240 g/mol. The number of hydrogen-bond donors (Lipinski definition) is 9. The number of aromatic hydroxyl groups is 3. The molecule has 486 valence electrons. The summed E-state index contributed by atoms with van der Waals surface area (Å²) in [5.41, 5.74) is 9.94. The SMILES string of the molecule is CC(C)Cc1cc(-c2oc3cc(O)c4c(c3c(=O)c2O)OC2CC3c5c-4cc4c6c(ccc(c56)C(SSCCCC2O)C3O)CC(CCC2(O)CCCCC2)C4CCO)c2c(c1O)Cc1cccc(c1)C1NCC(Cc3cccc(CC(=O)CCO)c3)CC1SSC2. The lowest BCUT2D eigenvalue weighted by atomic mass is 9.65. The summed E-state index contributed by atoms with van der Waals surface area (Å²) in [6.45, 7) is 4.74. The van der Waals surface area contributed by atoms with Gasteiger partial charge < -0.3 is 55.3 Å². The molecule has 7 aliphatic rings. The molecule has 0 amide bonds. The van der Waals surface area contributed by atoms with E-state index in [0.29, 0.717) is 77.8 Å². The summed E-state index contributed by atoms with van der Waals surface area (Å²) in [6.07, 6.45) is 8.69. The van der Waals surface area contributed by atoms with Crippen LogP contribution in [-0.4, -0.2) is 101 Å². The molecular formula is C75H85NO12S4. The van der Waals surface area contributed by atoms with Crippen molar-refractivity contribution in [3.8, 4) is 45.4 Å². The van der Waals surface area contributed by atoms with E-state index < -0.39 is 41.0 Å². The van der Waals surface area contributed by atoms with E-state index in [1.807, 2.05) is 18.2 Å². The summed E-state index contributed by atoms with van der Waals surface area (Å²) in [6, 6.07) is 26.6. The quantitative estimate of drug-likeness (QED) is 0.0461. The summed E-state index contributed by atoms with van der Waals surface area (Å²) in [7, 11) is 6.80. The van der Waals surface area contributed by atoms with Crippen LogP contribution in [0, 0.1) is 17.8 Å². The van der Waals surface area contributed by atoms with Gasteiger partial charge in [0.1, 0.15) is 40.1 Å². The maximum atomic E-state index is 15.9. The molecule has 5 bridgehead atoms. The predicted molar refractivity (Wildman–Crippen MR) is 370 cm³/mol. The number of rotatable bonds is 14. The minimum absolute atomic E-state index is 0.0106. The molecule has 3 fully saturated rings. The van der Waals surface area contributed by atoms with Gasteiger partial charge in [0.05, 0.1) is 28.6 Å². The smallest absolute Gasteiger partial charge is 0.238 e. The Morgan fingerprint density at radius 2 is 1.64 bits per heavy atom. The lowest BCUT2D eigenvalue weighted by molar-refractivity contribution is -0.119. The minimum Gasteiger partial charge on any atom is -0.507 e. The standard InChI is InChI=1S/C75H85NO12S4/c1-39(2)25-47-33-53(56-38-90-91-61-31-43(27-40-9-6-10-41(26-40)29-48(79)17-22-77)37-76-67(61)46-12-7-11-42(28-46)30-52(56)68(47)82)72-71(85)70(84)66-60(88-72)36-58(81)64-54-34-51-49(18-23-78)44(16-21-75(86)19-4-3-5-20-75)32-45-14-15-50-65(62(45)51)63(54)55-35-59(87-73(64)66)57(80)13-8-24-89-92-74(50)69(55)83/h6-7,9-12,14-15,26,28,33-34,36,39,43-44,49,55,57,59,61,67,69,74,76-78,80-83,85-86H,3-5,8,13,16-25,27,29-32,35,37-38H2,1-2H3. The van der Waals surface area contributed by atoms with Gasteiger partial charge in [-0.25, -0.2) is 0 Å². The Balaban J connectivity index is 0.903. The average Bonchev–Trinajstić information content (AvgIpc) is 0.710. The molecule has 14 rings (SSSR count). The van der Waals surface area contributed by atoms with Crippen molar-refractivity contribution in [1.29, 1.82) is 0 Å². The van der Waals surface area contributed by atoms with Gasteiger partial charge in [-0.05, 0) is 191 Å². The molecule has 6 aromatic carbocycles. The van der Waals surface area contributed by atoms with Gasteiger partial charge in [0.25, 0.3) is 0 Å². The first-order valence-corrected chi connectivity index (χ1v) is 38.3. The molecule has 10 unspecified atom stereocenters.